The molecule has 0 radical (unpaired) electrons. The van der Waals surface area contributed by atoms with Crippen LogP contribution in [-0.2, 0) is 4.79 Å². The van der Waals surface area contributed by atoms with Gasteiger partial charge in [-0.25, -0.2) is 4.79 Å². The molecule has 2 amide bonds. The van der Waals surface area contributed by atoms with E-state index in [1.807, 2.05) is 6.07 Å². The molecule has 1 aliphatic carbocycles. The van der Waals surface area contributed by atoms with Gasteiger partial charge in [-0.3, -0.25) is 4.79 Å². The predicted molar refractivity (Wildman–Crippen MR) is 103 cm³/mol. The number of para-hydroxylation sites is 1. The number of rotatable bonds is 4. The molecule has 5 nitrogen and oxygen atoms in total. The third-order valence-electron chi connectivity index (χ3n) is 6.19. The Labute approximate surface area is 155 Å². The molecule has 3 rings (SSSR count). The summed E-state index contributed by atoms with van der Waals surface area (Å²) in [7, 11) is 0. The van der Waals surface area contributed by atoms with Crippen molar-refractivity contribution in [3.8, 4) is 0 Å². The quantitative estimate of drug-likeness (QED) is 0.823. The minimum atomic E-state index is -0.749. The molecule has 2 N–H and O–H groups in total. The molecule has 1 saturated heterocycles. The van der Waals surface area contributed by atoms with Gasteiger partial charge in [-0.15, -0.1) is 0 Å². The first-order valence-electron chi connectivity index (χ1n) is 9.68. The zero-order valence-electron chi connectivity index (χ0n) is 16.2. The first-order chi connectivity index (χ1) is 12.3. The summed E-state index contributed by atoms with van der Waals surface area (Å²) in [6, 6.07) is 5.99. The summed E-state index contributed by atoms with van der Waals surface area (Å²) in [5.41, 5.74) is 2.40. The Balaban J connectivity index is 1.84. The van der Waals surface area contributed by atoms with E-state index in [9.17, 15) is 14.7 Å². The summed E-state index contributed by atoms with van der Waals surface area (Å²) in [6.45, 7) is 9.34. The standard InChI is InChI=1S/C21H30N2O3/c1-13(2)16-8-5-9-17(14(3)4)18(16)22-20(26)23-11-15-7-6-10-21(15,12-23)19(24)25/h5,8-9,13-15H,6-7,10-12H2,1-4H3,(H,22,26)(H,24,25)/t15-,21+/m0/s1. The van der Waals surface area contributed by atoms with Gasteiger partial charge in [-0.05, 0) is 41.7 Å². The number of carbonyl (C=O) groups is 2. The fourth-order valence-corrected chi connectivity index (χ4v) is 4.67. The van der Waals surface area contributed by atoms with E-state index in [0.29, 0.717) is 31.3 Å². The van der Waals surface area contributed by atoms with Crippen molar-refractivity contribution in [1.82, 2.24) is 4.90 Å². The third kappa shape index (κ3) is 3.08. The van der Waals surface area contributed by atoms with Crippen LogP contribution < -0.4 is 5.32 Å². The molecule has 142 valence electrons. The van der Waals surface area contributed by atoms with Crippen molar-refractivity contribution in [2.24, 2.45) is 11.3 Å². The van der Waals surface area contributed by atoms with Crippen LogP contribution in [0.3, 0.4) is 0 Å². The van der Waals surface area contributed by atoms with E-state index < -0.39 is 11.4 Å². The van der Waals surface area contributed by atoms with E-state index in [2.05, 4.69) is 45.1 Å². The Morgan fingerprint density at radius 3 is 2.31 bits per heavy atom. The molecule has 0 unspecified atom stereocenters. The maximum atomic E-state index is 13.0. The summed E-state index contributed by atoms with van der Waals surface area (Å²) in [5.74, 6) is -0.0731. The third-order valence-corrected chi connectivity index (χ3v) is 6.19. The van der Waals surface area contributed by atoms with E-state index in [1.54, 1.807) is 4.90 Å². The number of hydrogen-bond donors (Lipinski definition) is 2. The number of anilines is 1. The normalized spacial score (nSPS) is 25.0. The van der Waals surface area contributed by atoms with Crippen LogP contribution in [0.4, 0.5) is 10.5 Å². The number of amides is 2. The second kappa shape index (κ2) is 6.93. The van der Waals surface area contributed by atoms with Crippen LogP contribution in [0.2, 0.25) is 0 Å². The van der Waals surface area contributed by atoms with Crippen LogP contribution in [0.25, 0.3) is 0 Å². The van der Waals surface area contributed by atoms with Crippen molar-refractivity contribution >= 4 is 17.7 Å². The summed E-state index contributed by atoms with van der Waals surface area (Å²) in [4.78, 5) is 26.5. The van der Waals surface area contributed by atoms with E-state index >= 15 is 0 Å². The lowest BCUT2D eigenvalue weighted by Crippen LogP contribution is -2.39. The van der Waals surface area contributed by atoms with Gasteiger partial charge in [0.05, 0.1) is 5.41 Å². The number of likely N-dealkylation sites (tertiary alicyclic amines) is 1. The molecule has 2 aliphatic rings. The molecule has 1 aromatic rings. The van der Waals surface area contributed by atoms with Crippen molar-refractivity contribution < 1.29 is 14.7 Å². The van der Waals surface area contributed by atoms with Crippen LogP contribution in [0, 0.1) is 11.3 Å². The molecular formula is C21H30N2O3. The van der Waals surface area contributed by atoms with Crippen LogP contribution in [0.15, 0.2) is 18.2 Å². The Kier molecular flexibility index (Phi) is 5.00. The smallest absolute Gasteiger partial charge is 0.321 e. The number of aliphatic carboxylic acids is 1. The lowest BCUT2D eigenvalue weighted by molar-refractivity contribution is -0.149. The highest BCUT2D eigenvalue weighted by molar-refractivity contribution is 5.92. The number of benzene rings is 1. The first-order valence-corrected chi connectivity index (χ1v) is 9.68. The topological polar surface area (TPSA) is 69.6 Å². The van der Waals surface area contributed by atoms with Gasteiger partial charge in [-0.2, -0.15) is 0 Å². The second-order valence-corrected chi connectivity index (χ2v) is 8.48. The van der Waals surface area contributed by atoms with Gasteiger partial charge in [0.25, 0.3) is 0 Å². The van der Waals surface area contributed by atoms with Gasteiger partial charge >= 0.3 is 12.0 Å². The molecule has 2 fully saturated rings. The van der Waals surface area contributed by atoms with Crippen molar-refractivity contribution in [3.63, 3.8) is 0 Å². The summed E-state index contributed by atoms with van der Waals surface area (Å²) in [5, 5.41) is 12.9. The van der Waals surface area contributed by atoms with Crippen LogP contribution in [0.1, 0.15) is 69.9 Å². The highest BCUT2D eigenvalue weighted by Crippen LogP contribution is 2.49. The molecule has 1 aromatic carbocycles. The fraction of sp³-hybridized carbons (Fsp3) is 0.619. The molecule has 1 saturated carbocycles. The number of carboxylic acid groups (broad SMARTS) is 1. The molecule has 0 bridgehead atoms. The number of nitrogens with one attached hydrogen (secondary N) is 1. The van der Waals surface area contributed by atoms with Crippen LogP contribution >= 0.6 is 0 Å². The summed E-state index contributed by atoms with van der Waals surface area (Å²) >= 11 is 0. The van der Waals surface area contributed by atoms with Crippen molar-refractivity contribution in [2.45, 2.75) is 58.8 Å². The largest absolute Gasteiger partial charge is 0.481 e. The predicted octanol–water partition coefficient (Wildman–Crippen LogP) is 4.65. The van der Waals surface area contributed by atoms with Gasteiger partial charge in [0.15, 0.2) is 0 Å². The fourth-order valence-electron chi connectivity index (χ4n) is 4.67. The second-order valence-electron chi connectivity index (χ2n) is 8.48. The van der Waals surface area contributed by atoms with Gasteiger partial charge in [-0.1, -0.05) is 52.3 Å². The maximum Gasteiger partial charge on any atom is 0.321 e. The number of urea groups is 1. The molecule has 0 spiro atoms. The van der Waals surface area contributed by atoms with Crippen LogP contribution in [-0.4, -0.2) is 35.1 Å². The molecule has 0 aromatic heterocycles. The Bertz CT molecular complexity index is 687. The van der Waals surface area contributed by atoms with Crippen molar-refractivity contribution in [1.29, 1.82) is 0 Å². The monoisotopic (exact) mass is 358 g/mol. The Morgan fingerprint density at radius 2 is 1.81 bits per heavy atom. The average molecular weight is 358 g/mol. The number of carboxylic acids is 1. The Hall–Kier alpha value is -2.04. The van der Waals surface area contributed by atoms with Gasteiger partial charge in [0, 0.05) is 18.8 Å². The zero-order chi connectivity index (χ0) is 19.1. The molecule has 5 heteroatoms. The van der Waals surface area contributed by atoms with E-state index in [1.165, 1.54) is 0 Å². The van der Waals surface area contributed by atoms with E-state index in [-0.39, 0.29) is 11.9 Å². The average Bonchev–Trinajstić information content (AvgIpc) is 3.12. The highest BCUT2D eigenvalue weighted by Gasteiger charge is 2.55. The van der Waals surface area contributed by atoms with Gasteiger partial charge in [0.1, 0.15) is 0 Å². The lowest BCUT2D eigenvalue weighted by atomic mass is 9.81. The summed E-state index contributed by atoms with van der Waals surface area (Å²) < 4.78 is 0. The minimum Gasteiger partial charge on any atom is -0.481 e. The molecule has 2 atom stereocenters. The lowest BCUT2D eigenvalue weighted by Gasteiger charge is -2.25. The van der Waals surface area contributed by atoms with Crippen molar-refractivity contribution in [2.75, 3.05) is 18.4 Å². The first kappa shape index (κ1) is 18.7. The van der Waals surface area contributed by atoms with Gasteiger partial charge in [0.2, 0.25) is 0 Å². The van der Waals surface area contributed by atoms with Crippen molar-refractivity contribution in [3.05, 3.63) is 29.3 Å². The number of fused-ring (bicyclic) bond motifs is 1. The van der Waals surface area contributed by atoms with E-state index in [0.717, 1.165) is 29.7 Å². The highest BCUT2D eigenvalue weighted by atomic mass is 16.4. The molecular weight excluding hydrogens is 328 g/mol. The molecule has 1 heterocycles. The Morgan fingerprint density at radius 1 is 1.19 bits per heavy atom. The number of hydrogen-bond acceptors (Lipinski definition) is 2. The van der Waals surface area contributed by atoms with Crippen LogP contribution in [0.5, 0.6) is 0 Å². The molecule has 26 heavy (non-hydrogen) atoms. The minimum absolute atomic E-state index is 0.0793. The summed E-state index contributed by atoms with van der Waals surface area (Å²) in [6.07, 6.45) is 2.52. The SMILES string of the molecule is CC(C)c1cccc(C(C)C)c1NC(=O)N1C[C@@H]2CCC[C@@]2(C(=O)O)C1. The zero-order valence-corrected chi connectivity index (χ0v) is 16.2. The maximum absolute atomic E-state index is 13.0. The molecule has 1 aliphatic heterocycles. The number of carbonyl (C=O) groups excluding carboxylic acids is 1. The van der Waals surface area contributed by atoms with Gasteiger partial charge < -0.3 is 15.3 Å². The van der Waals surface area contributed by atoms with E-state index in [4.69, 9.17) is 0 Å². The number of nitrogens with zero attached hydrogens (tertiary/aromatic N) is 1.